The zero-order valence-electron chi connectivity index (χ0n) is 16.6. The SMILES string of the molecule is COc1ccc(-c2nc3ncccc3o2)cc1NC(=O)c1ccc(OC)c(OC)c1. The van der Waals surface area contributed by atoms with E-state index in [4.69, 9.17) is 18.6 Å². The summed E-state index contributed by atoms with van der Waals surface area (Å²) in [5.41, 5.74) is 2.66. The highest BCUT2D eigenvalue weighted by Gasteiger charge is 2.16. The largest absolute Gasteiger partial charge is 0.495 e. The zero-order valence-corrected chi connectivity index (χ0v) is 16.6. The summed E-state index contributed by atoms with van der Waals surface area (Å²) < 4.78 is 21.6. The van der Waals surface area contributed by atoms with Crippen molar-refractivity contribution in [2.24, 2.45) is 0 Å². The van der Waals surface area contributed by atoms with E-state index in [0.29, 0.717) is 51.2 Å². The summed E-state index contributed by atoms with van der Waals surface area (Å²) in [5.74, 6) is 1.57. The number of carbonyl (C=O) groups is 1. The van der Waals surface area contributed by atoms with E-state index in [-0.39, 0.29) is 5.91 Å². The molecule has 0 bridgehead atoms. The Kier molecular flexibility index (Phi) is 5.21. The second-order valence-corrected chi connectivity index (χ2v) is 6.28. The van der Waals surface area contributed by atoms with Crippen LogP contribution in [0, 0.1) is 0 Å². The van der Waals surface area contributed by atoms with E-state index in [0.717, 1.165) is 0 Å². The number of rotatable bonds is 6. The third-order valence-electron chi connectivity index (χ3n) is 4.51. The minimum atomic E-state index is -0.328. The summed E-state index contributed by atoms with van der Waals surface area (Å²) >= 11 is 0. The minimum absolute atomic E-state index is 0.328. The Labute approximate surface area is 172 Å². The van der Waals surface area contributed by atoms with Gasteiger partial charge in [0.1, 0.15) is 5.75 Å². The summed E-state index contributed by atoms with van der Waals surface area (Å²) in [6.07, 6.45) is 1.65. The number of oxazole rings is 1. The molecule has 2 aromatic heterocycles. The number of ether oxygens (including phenoxy) is 3. The molecule has 0 saturated heterocycles. The number of pyridine rings is 1. The summed E-state index contributed by atoms with van der Waals surface area (Å²) in [6.45, 7) is 0. The third-order valence-corrected chi connectivity index (χ3v) is 4.51. The molecule has 0 aliphatic carbocycles. The van der Waals surface area contributed by atoms with Crippen LogP contribution in [0.1, 0.15) is 10.4 Å². The molecule has 0 atom stereocenters. The molecule has 0 radical (unpaired) electrons. The Morgan fingerprint density at radius 3 is 2.43 bits per heavy atom. The predicted octanol–water partition coefficient (Wildman–Crippen LogP) is 4.17. The molecule has 2 aromatic carbocycles. The molecule has 0 unspecified atom stereocenters. The number of hydrogen-bond acceptors (Lipinski definition) is 7. The molecule has 0 spiro atoms. The average molecular weight is 405 g/mol. The Balaban J connectivity index is 1.66. The Morgan fingerprint density at radius 1 is 0.933 bits per heavy atom. The normalized spacial score (nSPS) is 10.6. The molecule has 0 aliphatic rings. The molecule has 8 heteroatoms. The van der Waals surface area contributed by atoms with Gasteiger partial charge in [0.25, 0.3) is 5.91 Å². The maximum Gasteiger partial charge on any atom is 0.255 e. The first-order chi connectivity index (χ1) is 14.6. The number of hydrogen-bond donors (Lipinski definition) is 1. The van der Waals surface area contributed by atoms with Crippen molar-refractivity contribution in [2.45, 2.75) is 0 Å². The lowest BCUT2D eigenvalue weighted by molar-refractivity contribution is 0.102. The van der Waals surface area contributed by atoms with Gasteiger partial charge in [0, 0.05) is 17.3 Å². The van der Waals surface area contributed by atoms with Crippen LogP contribution in [0.3, 0.4) is 0 Å². The standard InChI is InChI=1S/C22H19N3O5/c1-27-16-8-7-14(22-25-20-18(30-22)5-4-10-23-20)11-15(16)24-21(26)13-6-9-17(28-2)19(12-13)29-3/h4-12H,1-3H3,(H,24,26). The molecule has 152 valence electrons. The van der Waals surface area contributed by atoms with Gasteiger partial charge in [0.05, 0.1) is 27.0 Å². The van der Waals surface area contributed by atoms with Crippen molar-refractivity contribution < 1.29 is 23.4 Å². The summed E-state index contributed by atoms with van der Waals surface area (Å²) in [7, 11) is 4.58. The molecule has 1 N–H and O–H groups in total. The van der Waals surface area contributed by atoms with Gasteiger partial charge in [-0.15, -0.1) is 0 Å². The molecule has 0 aliphatic heterocycles. The van der Waals surface area contributed by atoms with E-state index >= 15 is 0 Å². The molecular formula is C22H19N3O5. The number of fused-ring (bicyclic) bond motifs is 1. The summed E-state index contributed by atoms with van der Waals surface area (Å²) in [4.78, 5) is 21.4. The topological polar surface area (TPSA) is 95.7 Å². The van der Waals surface area contributed by atoms with Crippen LogP contribution in [0.4, 0.5) is 5.69 Å². The van der Waals surface area contributed by atoms with Gasteiger partial charge in [-0.25, -0.2) is 4.98 Å². The molecular weight excluding hydrogens is 386 g/mol. The molecule has 4 rings (SSSR count). The predicted molar refractivity (Wildman–Crippen MR) is 111 cm³/mol. The first kappa shape index (κ1) is 19.3. The van der Waals surface area contributed by atoms with Gasteiger partial charge in [-0.2, -0.15) is 4.98 Å². The lowest BCUT2D eigenvalue weighted by Crippen LogP contribution is -2.13. The minimum Gasteiger partial charge on any atom is -0.495 e. The monoisotopic (exact) mass is 405 g/mol. The van der Waals surface area contributed by atoms with Gasteiger partial charge in [-0.05, 0) is 48.5 Å². The summed E-state index contributed by atoms with van der Waals surface area (Å²) in [6, 6.07) is 13.8. The second kappa shape index (κ2) is 8.12. The molecule has 4 aromatic rings. The number of methoxy groups -OCH3 is 3. The van der Waals surface area contributed by atoms with Crippen LogP contribution in [0.5, 0.6) is 17.2 Å². The van der Waals surface area contributed by atoms with Gasteiger partial charge >= 0.3 is 0 Å². The first-order valence-electron chi connectivity index (χ1n) is 9.06. The van der Waals surface area contributed by atoms with E-state index in [9.17, 15) is 4.79 Å². The van der Waals surface area contributed by atoms with Gasteiger partial charge in [-0.3, -0.25) is 4.79 Å². The van der Waals surface area contributed by atoms with Crippen molar-refractivity contribution in [1.29, 1.82) is 0 Å². The van der Waals surface area contributed by atoms with E-state index in [1.54, 1.807) is 54.7 Å². The number of aromatic nitrogens is 2. The fourth-order valence-corrected chi connectivity index (χ4v) is 3.00. The van der Waals surface area contributed by atoms with Crippen LogP contribution in [-0.4, -0.2) is 37.2 Å². The average Bonchev–Trinajstić information content (AvgIpc) is 3.22. The Hall–Kier alpha value is -4.07. The van der Waals surface area contributed by atoms with Crippen molar-refractivity contribution >= 4 is 22.8 Å². The third kappa shape index (κ3) is 3.62. The smallest absolute Gasteiger partial charge is 0.255 e. The van der Waals surface area contributed by atoms with Crippen molar-refractivity contribution in [3.05, 3.63) is 60.3 Å². The Bertz CT molecular complexity index is 1190. The van der Waals surface area contributed by atoms with Gasteiger partial charge in [-0.1, -0.05) is 0 Å². The van der Waals surface area contributed by atoms with E-state index in [2.05, 4.69) is 15.3 Å². The molecule has 8 nitrogen and oxygen atoms in total. The maximum atomic E-state index is 12.8. The first-order valence-corrected chi connectivity index (χ1v) is 9.06. The van der Waals surface area contributed by atoms with Crippen molar-refractivity contribution in [3.8, 4) is 28.7 Å². The molecule has 2 heterocycles. The lowest BCUT2D eigenvalue weighted by atomic mass is 10.1. The highest BCUT2D eigenvalue weighted by Crippen LogP contribution is 2.33. The molecule has 1 amide bonds. The van der Waals surface area contributed by atoms with Gasteiger partial charge in [0.2, 0.25) is 5.89 Å². The number of amides is 1. The number of anilines is 1. The highest BCUT2D eigenvalue weighted by molar-refractivity contribution is 6.05. The fourth-order valence-electron chi connectivity index (χ4n) is 3.00. The van der Waals surface area contributed by atoms with Crippen molar-refractivity contribution in [2.75, 3.05) is 26.6 Å². The molecule has 0 fully saturated rings. The number of nitrogens with zero attached hydrogens (tertiary/aromatic N) is 2. The lowest BCUT2D eigenvalue weighted by Gasteiger charge is -2.13. The number of benzene rings is 2. The van der Waals surface area contributed by atoms with Crippen LogP contribution in [0.2, 0.25) is 0 Å². The summed E-state index contributed by atoms with van der Waals surface area (Å²) in [5, 5.41) is 2.87. The fraction of sp³-hybridized carbons (Fsp3) is 0.136. The van der Waals surface area contributed by atoms with Crippen molar-refractivity contribution in [3.63, 3.8) is 0 Å². The quantitative estimate of drug-likeness (QED) is 0.514. The number of nitrogens with one attached hydrogen (secondary N) is 1. The molecule has 30 heavy (non-hydrogen) atoms. The number of carbonyl (C=O) groups excluding carboxylic acids is 1. The van der Waals surface area contributed by atoms with Gasteiger partial charge < -0.3 is 23.9 Å². The zero-order chi connectivity index (χ0) is 21.1. The van der Waals surface area contributed by atoms with Crippen LogP contribution < -0.4 is 19.5 Å². The van der Waals surface area contributed by atoms with Crippen LogP contribution >= 0.6 is 0 Å². The van der Waals surface area contributed by atoms with Gasteiger partial charge in [0.15, 0.2) is 22.7 Å². The second-order valence-electron chi connectivity index (χ2n) is 6.28. The van der Waals surface area contributed by atoms with E-state index in [1.165, 1.54) is 21.3 Å². The Morgan fingerprint density at radius 2 is 1.70 bits per heavy atom. The van der Waals surface area contributed by atoms with Crippen LogP contribution in [-0.2, 0) is 0 Å². The highest BCUT2D eigenvalue weighted by atomic mass is 16.5. The van der Waals surface area contributed by atoms with Crippen LogP contribution in [0.25, 0.3) is 22.7 Å². The van der Waals surface area contributed by atoms with E-state index < -0.39 is 0 Å². The van der Waals surface area contributed by atoms with Crippen molar-refractivity contribution in [1.82, 2.24) is 9.97 Å². The van der Waals surface area contributed by atoms with E-state index in [1.807, 2.05) is 0 Å². The van der Waals surface area contributed by atoms with Crippen LogP contribution in [0.15, 0.2) is 59.1 Å². The molecule has 0 saturated carbocycles. The maximum absolute atomic E-state index is 12.8.